The number of hydrogen-bond acceptors (Lipinski definition) is 5. The van der Waals surface area contributed by atoms with E-state index in [0.717, 1.165) is 26.2 Å². The lowest BCUT2D eigenvalue weighted by Crippen LogP contribution is -2.45. The van der Waals surface area contributed by atoms with Crippen LogP contribution in [0.2, 0.25) is 5.15 Å². The summed E-state index contributed by atoms with van der Waals surface area (Å²) in [4.78, 5) is 6.49. The van der Waals surface area contributed by atoms with E-state index in [2.05, 4.69) is 28.2 Å². The van der Waals surface area contributed by atoms with Crippen LogP contribution in [0.3, 0.4) is 0 Å². The summed E-state index contributed by atoms with van der Waals surface area (Å²) in [5.74, 6) is 0.612. The molecule has 0 saturated carbocycles. The molecule has 0 bridgehead atoms. The summed E-state index contributed by atoms with van der Waals surface area (Å²) >= 11 is 5.85. The summed E-state index contributed by atoms with van der Waals surface area (Å²) in [6, 6.07) is 5.29. The lowest BCUT2D eigenvalue weighted by molar-refractivity contribution is -0.0192. The van der Waals surface area contributed by atoms with Gasteiger partial charge in [0.1, 0.15) is 11.0 Å². The van der Waals surface area contributed by atoms with Crippen molar-refractivity contribution in [3.05, 3.63) is 22.8 Å². The van der Waals surface area contributed by atoms with Crippen LogP contribution in [0, 0.1) is 11.3 Å². The number of halogens is 1. The number of aromatic nitrogens is 1. The Morgan fingerprint density at radius 3 is 3.21 bits per heavy atom. The maximum Gasteiger partial charge on any atom is 0.132 e. The molecule has 5 nitrogen and oxygen atoms in total. The molecule has 1 aliphatic heterocycles. The van der Waals surface area contributed by atoms with Crippen LogP contribution in [0.4, 0.5) is 5.82 Å². The maximum absolute atomic E-state index is 8.87. The Labute approximate surface area is 118 Å². The minimum atomic E-state index is 0.139. The Kier molecular flexibility index (Phi) is 4.97. The molecule has 0 spiro atoms. The van der Waals surface area contributed by atoms with Gasteiger partial charge in [-0.3, -0.25) is 4.90 Å². The molecule has 1 N–H and O–H groups in total. The van der Waals surface area contributed by atoms with Crippen LogP contribution in [0.25, 0.3) is 0 Å². The minimum Gasteiger partial charge on any atom is -0.374 e. The molecule has 1 aromatic heterocycles. The van der Waals surface area contributed by atoms with Crippen LogP contribution in [0.5, 0.6) is 0 Å². The average Bonchev–Trinajstić information content (AvgIpc) is 2.44. The highest BCUT2D eigenvalue weighted by Gasteiger charge is 2.19. The first-order valence-electron chi connectivity index (χ1n) is 6.36. The molecule has 0 aliphatic carbocycles. The predicted molar refractivity (Wildman–Crippen MR) is 74.3 cm³/mol. The third-order valence-corrected chi connectivity index (χ3v) is 3.30. The van der Waals surface area contributed by atoms with Gasteiger partial charge >= 0.3 is 0 Å². The van der Waals surface area contributed by atoms with Gasteiger partial charge in [-0.05, 0) is 18.7 Å². The molecular formula is C13H17ClN4O. The van der Waals surface area contributed by atoms with E-state index in [9.17, 15) is 0 Å². The third-order valence-electron chi connectivity index (χ3n) is 3.10. The van der Waals surface area contributed by atoms with Gasteiger partial charge in [-0.25, -0.2) is 4.98 Å². The second-order valence-electron chi connectivity index (χ2n) is 4.44. The minimum absolute atomic E-state index is 0.139. The molecule has 0 aromatic carbocycles. The lowest BCUT2D eigenvalue weighted by atomic mass is 10.2. The molecule has 6 heteroatoms. The molecule has 0 radical (unpaired) electrons. The zero-order valence-electron chi connectivity index (χ0n) is 10.9. The first kappa shape index (κ1) is 14.1. The summed E-state index contributed by atoms with van der Waals surface area (Å²) in [5, 5.41) is 12.4. The molecule has 1 aromatic rings. The molecule has 0 amide bonds. The Morgan fingerprint density at radius 2 is 2.47 bits per heavy atom. The normalized spacial score (nSPS) is 19.9. The first-order valence-corrected chi connectivity index (χ1v) is 6.74. The number of likely N-dealkylation sites (N-methyl/N-ethyl adjacent to an activating group) is 1. The Bertz CT molecular complexity index is 474. The zero-order chi connectivity index (χ0) is 13.7. The number of anilines is 1. The van der Waals surface area contributed by atoms with Crippen LogP contribution < -0.4 is 5.32 Å². The Morgan fingerprint density at radius 1 is 1.63 bits per heavy atom. The SMILES string of the molecule is CCN1CCOC(CNc2cc(C#N)cc(Cl)n2)C1. The maximum atomic E-state index is 8.87. The van der Waals surface area contributed by atoms with Crippen molar-refractivity contribution in [1.82, 2.24) is 9.88 Å². The number of nitriles is 1. The van der Waals surface area contributed by atoms with Gasteiger partial charge in [-0.15, -0.1) is 0 Å². The fourth-order valence-electron chi connectivity index (χ4n) is 2.06. The number of ether oxygens (including phenoxy) is 1. The number of nitrogens with one attached hydrogen (secondary N) is 1. The Hall–Kier alpha value is -1.35. The summed E-state index contributed by atoms with van der Waals surface area (Å²) in [7, 11) is 0. The summed E-state index contributed by atoms with van der Waals surface area (Å²) in [6.07, 6.45) is 0.139. The molecule has 102 valence electrons. The molecule has 19 heavy (non-hydrogen) atoms. The van der Waals surface area contributed by atoms with Crippen molar-refractivity contribution in [3.63, 3.8) is 0 Å². The standard InChI is InChI=1S/C13H17ClN4O/c1-2-18-3-4-19-11(9-18)8-16-13-6-10(7-15)5-12(14)17-13/h5-6,11H,2-4,8-9H2,1H3,(H,16,17). The van der Waals surface area contributed by atoms with E-state index < -0.39 is 0 Å². The van der Waals surface area contributed by atoms with Crippen molar-refractivity contribution in [1.29, 1.82) is 5.26 Å². The highest BCUT2D eigenvalue weighted by Crippen LogP contribution is 2.14. The summed E-state index contributed by atoms with van der Waals surface area (Å²) in [5.41, 5.74) is 0.502. The molecule has 1 atom stereocenters. The largest absolute Gasteiger partial charge is 0.374 e. The second kappa shape index (κ2) is 6.71. The monoisotopic (exact) mass is 280 g/mol. The van der Waals surface area contributed by atoms with Gasteiger partial charge in [0, 0.05) is 19.6 Å². The topological polar surface area (TPSA) is 61.2 Å². The van der Waals surface area contributed by atoms with E-state index in [4.69, 9.17) is 21.6 Å². The number of morpholine rings is 1. The van der Waals surface area contributed by atoms with Crippen LogP contribution in [-0.2, 0) is 4.74 Å². The van der Waals surface area contributed by atoms with E-state index in [1.165, 1.54) is 0 Å². The van der Waals surface area contributed by atoms with Crippen molar-refractivity contribution in [3.8, 4) is 6.07 Å². The first-order chi connectivity index (χ1) is 9.21. The van der Waals surface area contributed by atoms with Crippen LogP contribution in [-0.4, -0.2) is 48.8 Å². The van der Waals surface area contributed by atoms with E-state index >= 15 is 0 Å². The van der Waals surface area contributed by atoms with Gasteiger partial charge in [0.25, 0.3) is 0 Å². The summed E-state index contributed by atoms with van der Waals surface area (Å²) in [6.45, 7) is 6.50. The zero-order valence-corrected chi connectivity index (χ0v) is 11.7. The highest BCUT2D eigenvalue weighted by molar-refractivity contribution is 6.29. The molecular weight excluding hydrogens is 264 g/mol. The van der Waals surface area contributed by atoms with Gasteiger partial charge in [-0.2, -0.15) is 5.26 Å². The van der Waals surface area contributed by atoms with Crippen molar-refractivity contribution in [2.24, 2.45) is 0 Å². The van der Waals surface area contributed by atoms with Crippen molar-refractivity contribution in [2.45, 2.75) is 13.0 Å². The van der Waals surface area contributed by atoms with E-state index in [1.807, 2.05) is 0 Å². The van der Waals surface area contributed by atoms with Gasteiger partial charge in [0.2, 0.25) is 0 Å². The molecule has 2 heterocycles. The van der Waals surface area contributed by atoms with E-state index in [1.54, 1.807) is 12.1 Å². The molecule has 1 aliphatic rings. The van der Waals surface area contributed by atoms with E-state index in [-0.39, 0.29) is 6.10 Å². The lowest BCUT2D eigenvalue weighted by Gasteiger charge is -2.32. The number of pyridine rings is 1. The fourth-order valence-corrected chi connectivity index (χ4v) is 2.27. The van der Waals surface area contributed by atoms with Crippen LogP contribution in [0.15, 0.2) is 12.1 Å². The van der Waals surface area contributed by atoms with Crippen LogP contribution >= 0.6 is 11.6 Å². The quantitative estimate of drug-likeness (QED) is 0.851. The van der Waals surface area contributed by atoms with Gasteiger partial charge < -0.3 is 10.1 Å². The summed E-state index contributed by atoms with van der Waals surface area (Å²) < 4.78 is 5.69. The number of nitrogens with zero attached hydrogens (tertiary/aromatic N) is 3. The highest BCUT2D eigenvalue weighted by atomic mass is 35.5. The molecule has 1 fully saturated rings. The fraction of sp³-hybridized carbons (Fsp3) is 0.538. The van der Waals surface area contributed by atoms with E-state index in [0.29, 0.717) is 23.1 Å². The predicted octanol–water partition coefficient (Wildman–Crippen LogP) is 1.74. The average molecular weight is 281 g/mol. The Balaban J connectivity index is 1.91. The molecule has 1 saturated heterocycles. The molecule has 2 rings (SSSR count). The third kappa shape index (κ3) is 4.06. The van der Waals surface area contributed by atoms with Gasteiger partial charge in [0.05, 0.1) is 24.3 Å². The number of rotatable bonds is 4. The van der Waals surface area contributed by atoms with Crippen molar-refractivity contribution in [2.75, 3.05) is 38.1 Å². The van der Waals surface area contributed by atoms with Crippen molar-refractivity contribution >= 4 is 17.4 Å². The van der Waals surface area contributed by atoms with Crippen molar-refractivity contribution < 1.29 is 4.74 Å². The van der Waals surface area contributed by atoms with Gasteiger partial charge in [-0.1, -0.05) is 18.5 Å². The molecule has 1 unspecified atom stereocenters. The van der Waals surface area contributed by atoms with Gasteiger partial charge in [0.15, 0.2) is 0 Å². The number of hydrogen-bond donors (Lipinski definition) is 1. The second-order valence-corrected chi connectivity index (χ2v) is 4.83. The van der Waals surface area contributed by atoms with Crippen LogP contribution in [0.1, 0.15) is 12.5 Å². The smallest absolute Gasteiger partial charge is 0.132 e.